The zero-order valence-electron chi connectivity index (χ0n) is 20.0. The molecular formula is C24H28N8O3. The Balaban J connectivity index is 1.88. The maximum absolute atomic E-state index is 13.3. The van der Waals surface area contributed by atoms with Gasteiger partial charge in [0.05, 0.1) is 47.4 Å². The van der Waals surface area contributed by atoms with Crippen molar-refractivity contribution < 1.29 is 9.47 Å². The molecule has 0 aliphatic heterocycles. The predicted octanol–water partition coefficient (Wildman–Crippen LogP) is 3.31. The summed E-state index contributed by atoms with van der Waals surface area (Å²) in [5.41, 5.74) is 8.77. The third-order valence-corrected chi connectivity index (χ3v) is 5.26. The van der Waals surface area contributed by atoms with E-state index in [1.165, 1.54) is 6.21 Å². The summed E-state index contributed by atoms with van der Waals surface area (Å²) in [5.74, 6) is 2.06. The van der Waals surface area contributed by atoms with E-state index >= 15 is 0 Å². The van der Waals surface area contributed by atoms with Crippen LogP contribution in [0.4, 0.5) is 11.4 Å². The molecule has 3 aromatic heterocycles. The second kappa shape index (κ2) is 10.2. The van der Waals surface area contributed by atoms with Crippen molar-refractivity contribution in [1.29, 1.82) is 0 Å². The molecule has 0 radical (unpaired) electrons. The Morgan fingerprint density at radius 2 is 1.83 bits per heavy atom. The summed E-state index contributed by atoms with van der Waals surface area (Å²) >= 11 is 0. The highest BCUT2D eigenvalue weighted by molar-refractivity contribution is 5.95. The first kappa shape index (κ1) is 23.7. The van der Waals surface area contributed by atoms with E-state index in [-0.39, 0.29) is 17.2 Å². The van der Waals surface area contributed by atoms with Crippen molar-refractivity contribution in [1.82, 2.24) is 24.9 Å². The number of pyridine rings is 1. The van der Waals surface area contributed by atoms with Crippen molar-refractivity contribution in [2.24, 2.45) is 4.99 Å². The van der Waals surface area contributed by atoms with Gasteiger partial charge in [-0.25, -0.2) is 15.0 Å². The number of H-pyrrole nitrogens is 2. The molecule has 0 bridgehead atoms. The van der Waals surface area contributed by atoms with E-state index in [9.17, 15) is 4.79 Å². The highest BCUT2D eigenvalue weighted by atomic mass is 16.5. The summed E-state index contributed by atoms with van der Waals surface area (Å²) < 4.78 is 11.4. The van der Waals surface area contributed by atoms with E-state index in [4.69, 9.17) is 15.2 Å². The summed E-state index contributed by atoms with van der Waals surface area (Å²) in [5, 5.41) is 3.30. The van der Waals surface area contributed by atoms with Crippen LogP contribution < -0.4 is 26.1 Å². The molecule has 5 N–H and O–H groups in total. The minimum atomic E-state index is -0.383. The molecule has 0 amide bonds. The molecule has 3 heterocycles. The van der Waals surface area contributed by atoms with Gasteiger partial charge in [0.25, 0.3) is 5.56 Å². The highest BCUT2D eigenvalue weighted by Gasteiger charge is 2.23. The number of imidazole rings is 1. The normalized spacial score (nSPS) is 12.2. The standard InChI is InChI=1S/C24H28N8O3/c1-5-34-17-10-14-15(11-18(17)35-6-2)31-23(30-14)19-21(20(25)16(12-26-4)32-24(19)33)29-13(3)22-27-8-7-9-28-22/h7-13H,5-6,25H2,1-4H3,(H,30,31)(H2,29,32,33)/t13-/m0/s1. The molecule has 0 aliphatic rings. The monoisotopic (exact) mass is 476 g/mol. The first-order chi connectivity index (χ1) is 17.0. The number of anilines is 2. The fourth-order valence-electron chi connectivity index (χ4n) is 3.73. The van der Waals surface area contributed by atoms with Gasteiger partial charge in [0.2, 0.25) is 0 Å². The van der Waals surface area contributed by atoms with E-state index in [1.807, 2.05) is 26.8 Å². The Morgan fingerprint density at radius 3 is 2.49 bits per heavy atom. The van der Waals surface area contributed by atoms with Crippen LogP contribution in [-0.4, -0.2) is 51.4 Å². The molecular weight excluding hydrogens is 448 g/mol. The maximum Gasteiger partial charge on any atom is 0.261 e. The third-order valence-electron chi connectivity index (χ3n) is 5.26. The number of nitrogens with two attached hydrogens (primary N) is 1. The SMILES string of the molecule is CCOc1cc2nc(-c3c(N[C@@H](C)c4ncccn4)c(N)c(C=NC)[nH]c3=O)[nH]c2cc1OCC. The number of nitrogens with one attached hydrogen (secondary N) is 3. The molecule has 11 heteroatoms. The number of hydrogen-bond acceptors (Lipinski definition) is 9. The van der Waals surface area contributed by atoms with Gasteiger partial charge in [-0.3, -0.25) is 9.79 Å². The van der Waals surface area contributed by atoms with Gasteiger partial charge < -0.3 is 30.5 Å². The average Bonchev–Trinajstić information content (AvgIpc) is 3.25. The fraction of sp³-hybridized carbons (Fsp3) is 0.292. The Morgan fingerprint density at radius 1 is 1.14 bits per heavy atom. The van der Waals surface area contributed by atoms with Crippen LogP contribution in [-0.2, 0) is 0 Å². The van der Waals surface area contributed by atoms with Gasteiger partial charge in [-0.2, -0.15) is 0 Å². The number of nitrogens with zero attached hydrogens (tertiary/aromatic N) is 4. The van der Waals surface area contributed by atoms with Crippen LogP contribution in [0, 0.1) is 0 Å². The number of aromatic amines is 2. The molecule has 4 rings (SSSR count). The van der Waals surface area contributed by atoms with E-state index in [0.29, 0.717) is 64.5 Å². The molecule has 11 nitrogen and oxygen atoms in total. The number of benzene rings is 1. The van der Waals surface area contributed by atoms with Crippen LogP contribution in [0.3, 0.4) is 0 Å². The number of aliphatic imine (C=N–C) groups is 1. The summed E-state index contributed by atoms with van der Waals surface area (Å²) in [6.07, 6.45) is 4.81. The quantitative estimate of drug-likeness (QED) is 0.268. The number of fused-ring (bicyclic) bond motifs is 1. The maximum atomic E-state index is 13.3. The lowest BCUT2D eigenvalue weighted by Gasteiger charge is -2.19. The topological polar surface area (TPSA) is 156 Å². The van der Waals surface area contributed by atoms with Crippen molar-refractivity contribution in [2.75, 3.05) is 31.3 Å². The predicted molar refractivity (Wildman–Crippen MR) is 136 cm³/mol. The van der Waals surface area contributed by atoms with Crippen molar-refractivity contribution in [3.63, 3.8) is 0 Å². The molecule has 0 spiro atoms. The molecule has 0 fully saturated rings. The summed E-state index contributed by atoms with van der Waals surface area (Å²) in [4.78, 5) is 36.6. The van der Waals surface area contributed by atoms with E-state index in [2.05, 4.69) is 35.2 Å². The number of rotatable bonds is 9. The smallest absolute Gasteiger partial charge is 0.261 e. The van der Waals surface area contributed by atoms with E-state index < -0.39 is 0 Å². The minimum Gasteiger partial charge on any atom is -0.490 e. The molecule has 0 saturated heterocycles. The molecule has 182 valence electrons. The van der Waals surface area contributed by atoms with Gasteiger partial charge >= 0.3 is 0 Å². The van der Waals surface area contributed by atoms with Gasteiger partial charge in [-0.05, 0) is 26.8 Å². The lowest BCUT2D eigenvalue weighted by atomic mass is 10.1. The molecule has 1 aromatic carbocycles. The van der Waals surface area contributed by atoms with Crippen LogP contribution in [0.1, 0.15) is 38.3 Å². The lowest BCUT2D eigenvalue weighted by molar-refractivity contribution is 0.288. The largest absolute Gasteiger partial charge is 0.490 e. The van der Waals surface area contributed by atoms with Gasteiger partial charge in [0, 0.05) is 37.8 Å². The minimum absolute atomic E-state index is 0.255. The van der Waals surface area contributed by atoms with Crippen molar-refractivity contribution in [3.8, 4) is 22.9 Å². The van der Waals surface area contributed by atoms with Gasteiger partial charge in [-0.1, -0.05) is 0 Å². The Hall–Kier alpha value is -4.41. The number of nitrogen functional groups attached to an aromatic ring is 1. The van der Waals surface area contributed by atoms with Crippen LogP contribution in [0.2, 0.25) is 0 Å². The second-order valence-corrected chi connectivity index (χ2v) is 7.66. The third kappa shape index (κ3) is 4.79. The molecule has 1 atom stereocenters. The summed E-state index contributed by atoms with van der Waals surface area (Å²) in [6, 6.07) is 4.99. The van der Waals surface area contributed by atoms with Crippen LogP contribution in [0.15, 0.2) is 40.4 Å². The first-order valence-corrected chi connectivity index (χ1v) is 11.3. The zero-order valence-corrected chi connectivity index (χ0v) is 20.0. The van der Waals surface area contributed by atoms with E-state index in [1.54, 1.807) is 31.6 Å². The summed E-state index contributed by atoms with van der Waals surface area (Å²) in [6.45, 7) is 6.64. The average molecular weight is 477 g/mol. The molecule has 4 aromatic rings. The van der Waals surface area contributed by atoms with Crippen molar-refractivity contribution in [3.05, 3.63) is 52.5 Å². The fourth-order valence-corrected chi connectivity index (χ4v) is 3.73. The van der Waals surface area contributed by atoms with Gasteiger partial charge in [0.15, 0.2) is 11.5 Å². The molecule has 0 aliphatic carbocycles. The molecule has 0 unspecified atom stereocenters. The van der Waals surface area contributed by atoms with Crippen molar-refractivity contribution >= 4 is 28.6 Å². The molecule has 0 saturated carbocycles. The summed E-state index contributed by atoms with van der Waals surface area (Å²) in [7, 11) is 1.60. The molecule has 35 heavy (non-hydrogen) atoms. The van der Waals surface area contributed by atoms with Gasteiger partial charge in [-0.15, -0.1) is 0 Å². The first-order valence-electron chi connectivity index (χ1n) is 11.3. The van der Waals surface area contributed by atoms with Crippen LogP contribution >= 0.6 is 0 Å². The Bertz CT molecular complexity index is 1370. The highest BCUT2D eigenvalue weighted by Crippen LogP contribution is 2.36. The Kier molecular flexibility index (Phi) is 6.95. The lowest BCUT2D eigenvalue weighted by Crippen LogP contribution is -2.21. The van der Waals surface area contributed by atoms with Gasteiger partial charge in [0.1, 0.15) is 17.2 Å². The Labute approximate surface area is 201 Å². The van der Waals surface area contributed by atoms with Crippen LogP contribution in [0.25, 0.3) is 22.4 Å². The van der Waals surface area contributed by atoms with Crippen molar-refractivity contribution in [2.45, 2.75) is 26.8 Å². The number of aromatic nitrogens is 5. The second-order valence-electron chi connectivity index (χ2n) is 7.66. The zero-order chi connectivity index (χ0) is 24.9. The number of hydrogen-bond donors (Lipinski definition) is 4. The van der Waals surface area contributed by atoms with Crippen LogP contribution in [0.5, 0.6) is 11.5 Å². The van der Waals surface area contributed by atoms with E-state index in [0.717, 1.165) is 0 Å². The number of ether oxygens (including phenoxy) is 2.